The van der Waals surface area contributed by atoms with Gasteiger partial charge in [0.15, 0.2) is 0 Å². The minimum absolute atomic E-state index is 0.610. The average molecular weight is 221 g/mol. The maximum absolute atomic E-state index is 5.42. The largest absolute Gasteiger partial charge is 0.383 e. The van der Waals surface area contributed by atoms with Gasteiger partial charge in [0.1, 0.15) is 5.84 Å². The number of aliphatic imine (C=N–C) groups is 1. The first-order valence-corrected chi connectivity index (χ1v) is 5.30. The highest BCUT2D eigenvalue weighted by Gasteiger charge is 1.99. The van der Waals surface area contributed by atoms with Gasteiger partial charge < -0.3 is 10.2 Å². The number of nitrogens with one attached hydrogen (secondary N) is 1. The van der Waals surface area contributed by atoms with Crippen LogP contribution in [-0.4, -0.2) is 26.1 Å². The third-order valence-corrected chi connectivity index (χ3v) is 2.22. The molecule has 0 radical (unpaired) electrons. The zero-order valence-electron chi connectivity index (χ0n) is 9.86. The zero-order valence-corrected chi connectivity index (χ0v) is 9.86. The molecule has 0 amide bonds. The third-order valence-electron chi connectivity index (χ3n) is 2.22. The Hall–Kier alpha value is -1.39. The van der Waals surface area contributed by atoms with Crippen LogP contribution in [0.25, 0.3) is 0 Å². The van der Waals surface area contributed by atoms with Crippen LogP contribution in [0.5, 0.6) is 0 Å². The van der Waals surface area contributed by atoms with E-state index in [2.05, 4.69) is 35.5 Å². The number of ether oxygens (including phenoxy) is 1. The van der Waals surface area contributed by atoms with E-state index in [0.29, 0.717) is 13.2 Å². The first-order valence-electron chi connectivity index (χ1n) is 5.30. The first kappa shape index (κ1) is 12.7. The topological polar surface area (TPSA) is 59.6 Å². The zero-order chi connectivity index (χ0) is 11.8. The molecule has 0 aliphatic carbocycles. The summed E-state index contributed by atoms with van der Waals surface area (Å²) in [5, 5.41) is 0. The molecule has 0 unspecified atom stereocenters. The van der Waals surface area contributed by atoms with Gasteiger partial charge in [0.2, 0.25) is 0 Å². The molecule has 4 nitrogen and oxygen atoms in total. The molecular formula is C12H19N3O. The second kappa shape index (κ2) is 6.98. The van der Waals surface area contributed by atoms with Gasteiger partial charge in [-0.05, 0) is 12.5 Å². The van der Waals surface area contributed by atoms with Crippen LogP contribution in [-0.2, 0) is 11.2 Å². The highest BCUT2D eigenvalue weighted by molar-refractivity contribution is 5.83. The van der Waals surface area contributed by atoms with Gasteiger partial charge in [0.25, 0.3) is 0 Å². The highest BCUT2D eigenvalue weighted by Crippen LogP contribution is 2.04. The summed E-state index contributed by atoms with van der Waals surface area (Å²) in [7, 11) is 1.66. The second-order valence-corrected chi connectivity index (χ2v) is 3.63. The second-order valence-electron chi connectivity index (χ2n) is 3.63. The molecule has 16 heavy (non-hydrogen) atoms. The number of hydrazine groups is 1. The number of aryl methyl sites for hydroxylation is 1. The number of amidine groups is 1. The lowest BCUT2D eigenvalue weighted by molar-refractivity contribution is 0.208. The molecule has 0 fully saturated rings. The average Bonchev–Trinajstić information content (AvgIpc) is 2.28. The summed E-state index contributed by atoms with van der Waals surface area (Å²) in [6.45, 7) is 3.31. The van der Waals surface area contributed by atoms with Crippen molar-refractivity contribution < 1.29 is 4.74 Å². The third kappa shape index (κ3) is 4.42. The molecule has 1 aromatic rings. The fourth-order valence-electron chi connectivity index (χ4n) is 1.44. The maximum Gasteiger partial charge on any atom is 0.115 e. The molecule has 0 atom stereocenters. The van der Waals surface area contributed by atoms with E-state index in [9.17, 15) is 0 Å². The van der Waals surface area contributed by atoms with Gasteiger partial charge in [0, 0.05) is 13.5 Å². The smallest absolute Gasteiger partial charge is 0.115 e. The molecule has 0 aliphatic rings. The molecule has 1 aromatic carbocycles. The minimum Gasteiger partial charge on any atom is -0.383 e. The van der Waals surface area contributed by atoms with E-state index in [-0.39, 0.29) is 0 Å². The van der Waals surface area contributed by atoms with E-state index in [1.54, 1.807) is 7.11 Å². The van der Waals surface area contributed by atoms with Crippen molar-refractivity contribution in [2.24, 2.45) is 10.8 Å². The van der Waals surface area contributed by atoms with Crippen molar-refractivity contribution in [3.8, 4) is 0 Å². The molecule has 0 aliphatic heterocycles. The standard InChI is InChI=1S/C12H19N3O/c1-10-4-3-5-11(8-10)9-12(15-13)14-6-7-16-2/h3-5,8H,6-7,9,13H2,1-2H3,(H,14,15). The summed E-state index contributed by atoms with van der Waals surface area (Å²) >= 11 is 0. The molecule has 0 aromatic heterocycles. The van der Waals surface area contributed by atoms with Gasteiger partial charge in [-0.3, -0.25) is 4.99 Å². The Morgan fingerprint density at radius 1 is 1.50 bits per heavy atom. The van der Waals surface area contributed by atoms with Gasteiger partial charge >= 0.3 is 0 Å². The van der Waals surface area contributed by atoms with Gasteiger partial charge in [-0.1, -0.05) is 29.8 Å². The van der Waals surface area contributed by atoms with Gasteiger partial charge in [-0.15, -0.1) is 0 Å². The lowest BCUT2D eigenvalue weighted by Crippen LogP contribution is -2.32. The number of nitrogens with zero attached hydrogens (tertiary/aromatic N) is 1. The minimum atomic E-state index is 0.610. The lowest BCUT2D eigenvalue weighted by Gasteiger charge is -2.06. The van der Waals surface area contributed by atoms with Crippen molar-refractivity contribution in [1.29, 1.82) is 0 Å². The first-order chi connectivity index (χ1) is 7.76. The van der Waals surface area contributed by atoms with Crippen LogP contribution in [0.2, 0.25) is 0 Å². The number of hydrogen-bond donors (Lipinski definition) is 2. The summed E-state index contributed by atoms with van der Waals surface area (Å²) in [5.74, 6) is 6.20. The molecule has 0 bridgehead atoms. The molecule has 0 saturated carbocycles. The van der Waals surface area contributed by atoms with Crippen molar-refractivity contribution in [1.82, 2.24) is 5.43 Å². The SMILES string of the molecule is COCCN=C(Cc1cccc(C)c1)NN. The van der Waals surface area contributed by atoms with Crippen molar-refractivity contribution in [3.63, 3.8) is 0 Å². The quantitative estimate of drug-likeness (QED) is 0.257. The van der Waals surface area contributed by atoms with Gasteiger partial charge in [-0.25, -0.2) is 5.84 Å². The van der Waals surface area contributed by atoms with Crippen molar-refractivity contribution in [2.45, 2.75) is 13.3 Å². The monoisotopic (exact) mass is 221 g/mol. The Balaban J connectivity index is 2.59. The molecule has 0 heterocycles. The predicted octanol–water partition coefficient (Wildman–Crippen LogP) is 1.05. The molecule has 1 rings (SSSR count). The normalized spacial score (nSPS) is 11.6. The molecule has 88 valence electrons. The fourth-order valence-corrected chi connectivity index (χ4v) is 1.44. The van der Waals surface area contributed by atoms with Crippen molar-refractivity contribution in [2.75, 3.05) is 20.3 Å². The van der Waals surface area contributed by atoms with Crippen LogP contribution in [0.4, 0.5) is 0 Å². The Kier molecular flexibility index (Phi) is 5.53. The molecule has 4 heteroatoms. The Morgan fingerprint density at radius 2 is 2.31 bits per heavy atom. The van der Waals surface area contributed by atoms with Crippen LogP contribution in [0.15, 0.2) is 29.3 Å². The number of hydrogen-bond acceptors (Lipinski definition) is 3. The summed E-state index contributed by atoms with van der Waals surface area (Å²) < 4.78 is 4.93. The Labute approximate surface area is 96.5 Å². The van der Waals surface area contributed by atoms with Crippen LogP contribution in [0.3, 0.4) is 0 Å². The van der Waals surface area contributed by atoms with E-state index in [1.165, 1.54) is 11.1 Å². The van der Waals surface area contributed by atoms with Crippen LogP contribution < -0.4 is 11.3 Å². The number of nitrogens with two attached hydrogens (primary N) is 1. The van der Waals surface area contributed by atoms with Crippen LogP contribution in [0.1, 0.15) is 11.1 Å². The Bertz CT molecular complexity index is 350. The van der Waals surface area contributed by atoms with E-state index in [4.69, 9.17) is 10.6 Å². The van der Waals surface area contributed by atoms with E-state index in [0.717, 1.165) is 12.3 Å². The van der Waals surface area contributed by atoms with Gasteiger partial charge in [-0.2, -0.15) is 0 Å². The summed E-state index contributed by atoms with van der Waals surface area (Å²) in [5.41, 5.74) is 5.07. The lowest BCUT2D eigenvalue weighted by atomic mass is 10.1. The summed E-state index contributed by atoms with van der Waals surface area (Å²) in [6.07, 6.45) is 0.724. The van der Waals surface area contributed by atoms with Crippen LogP contribution in [0, 0.1) is 6.92 Å². The van der Waals surface area contributed by atoms with Crippen molar-refractivity contribution >= 4 is 5.84 Å². The number of benzene rings is 1. The summed E-state index contributed by atoms with van der Waals surface area (Å²) in [4.78, 5) is 4.31. The fraction of sp³-hybridized carbons (Fsp3) is 0.417. The van der Waals surface area contributed by atoms with E-state index in [1.807, 2.05) is 6.07 Å². The predicted molar refractivity (Wildman–Crippen MR) is 66.4 cm³/mol. The van der Waals surface area contributed by atoms with E-state index < -0.39 is 0 Å². The number of methoxy groups -OCH3 is 1. The highest BCUT2D eigenvalue weighted by atomic mass is 16.5. The maximum atomic E-state index is 5.42. The number of rotatable bonds is 5. The molecule has 0 saturated heterocycles. The van der Waals surface area contributed by atoms with Crippen molar-refractivity contribution in [3.05, 3.63) is 35.4 Å². The van der Waals surface area contributed by atoms with Crippen LogP contribution >= 0.6 is 0 Å². The molecule has 3 N–H and O–H groups in total. The molecule has 0 spiro atoms. The summed E-state index contributed by atoms with van der Waals surface area (Å²) in [6, 6.07) is 8.30. The van der Waals surface area contributed by atoms with Gasteiger partial charge in [0.05, 0.1) is 13.2 Å². The molecular weight excluding hydrogens is 202 g/mol. The van der Waals surface area contributed by atoms with E-state index >= 15 is 0 Å². The Morgan fingerprint density at radius 3 is 2.94 bits per heavy atom.